The van der Waals surface area contributed by atoms with Crippen molar-refractivity contribution in [2.45, 2.75) is 26.9 Å². The maximum Gasteiger partial charge on any atom is 0.261 e. The van der Waals surface area contributed by atoms with Crippen LogP contribution in [0.1, 0.15) is 28.7 Å². The Hall–Kier alpha value is -2.15. The average molecular weight is 359 g/mol. The molecule has 2 aromatic rings. The van der Waals surface area contributed by atoms with Crippen LogP contribution in [0.25, 0.3) is 6.08 Å². The lowest BCUT2D eigenvalue weighted by Gasteiger charge is -2.14. The molecule has 0 saturated carbocycles. The number of aryl methyl sites for hydroxylation is 2. The van der Waals surface area contributed by atoms with E-state index in [9.17, 15) is 13.5 Å². The Morgan fingerprint density at radius 3 is 2.44 bits per heavy atom. The highest BCUT2D eigenvalue weighted by atomic mass is 32.2. The summed E-state index contributed by atoms with van der Waals surface area (Å²) >= 11 is 0. The van der Waals surface area contributed by atoms with Gasteiger partial charge in [0, 0.05) is 13.0 Å². The molecule has 25 heavy (non-hydrogen) atoms. The Morgan fingerprint density at radius 2 is 1.80 bits per heavy atom. The fraction of sp³-hybridized carbons (Fsp3) is 0.263. The number of hydroxylamine groups is 1. The SMILES string of the molecule is Cc1cc(/C=C2\CCN(OCc3ccccc3)S2(=O)=O)cc(C)c1O. The van der Waals surface area contributed by atoms with Crippen LogP contribution in [-0.2, 0) is 21.5 Å². The number of phenols is 1. The zero-order chi connectivity index (χ0) is 18.0. The second-order valence-electron chi connectivity index (χ2n) is 6.15. The van der Waals surface area contributed by atoms with Crippen molar-refractivity contribution >= 4 is 16.1 Å². The molecule has 0 bridgehead atoms. The summed E-state index contributed by atoms with van der Waals surface area (Å²) < 4.78 is 26.3. The molecule has 3 rings (SSSR count). The predicted molar refractivity (Wildman–Crippen MR) is 97.0 cm³/mol. The molecule has 132 valence electrons. The first-order valence-corrected chi connectivity index (χ1v) is 9.52. The van der Waals surface area contributed by atoms with Gasteiger partial charge in [-0.3, -0.25) is 4.84 Å². The molecule has 5 nitrogen and oxygen atoms in total. The van der Waals surface area contributed by atoms with E-state index in [0.29, 0.717) is 17.9 Å². The summed E-state index contributed by atoms with van der Waals surface area (Å²) in [6, 6.07) is 13.0. The minimum Gasteiger partial charge on any atom is -0.507 e. The van der Waals surface area contributed by atoms with Gasteiger partial charge >= 0.3 is 0 Å². The van der Waals surface area contributed by atoms with E-state index in [-0.39, 0.29) is 12.4 Å². The first kappa shape index (κ1) is 17.7. The van der Waals surface area contributed by atoms with Gasteiger partial charge in [0.1, 0.15) is 5.75 Å². The summed E-state index contributed by atoms with van der Waals surface area (Å²) in [6.45, 7) is 4.10. The standard InChI is InChI=1S/C19H21NO4S/c1-14-10-17(11-15(2)19(14)21)12-18-8-9-20(25(18,22)23)24-13-16-6-4-3-5-7-16/h3-7,10-12,21H,8-9,13H2,1-2H3/b18-12+. The monoisotopic (exact) mass is 359 g/mol. The maximum absolute atomic E-state index is 12.6. The van der Waals surface area contributed by atoms with Crippen LogP contribution in [0.3, 0.4) is 0 Å². The number of aromatic hydroxyl groups is 1. The van der Waals surface area contributed by atoms with Crippen molar-refractivity contribution in [3.05, 3.63) is 69.6 Å². The third-order valence-electron chi connectivity index (χ3n) is 4.20. The molecule has 1 fully saturated rings. The number of phenolic OH excluding ortho intramolecular Hbond substituents is 1. The van der Waals surface area contributed by atoms with E-state index in [2.05, 4.69) is 0 Å². The maximum atomic E-state index is 12.6. The molecule has 2 aromatic carbocycles. The van der Waals surface area contributed by atoms with Gasteiger partial charge in [0.15, 0.2) is 0 Å². The molecule has 1 heterocycles. The number of benzene rings is 2. The largest absolute Gasteiger partial charge is 0.507 e. The summed E-state index contributed by atoms with van der Waals surface area (Å²) in [7, 11) is -3.62. The minimum atomic E-state index is -3.62. The number of hydrogen-bond acceptors (Lipinski definition) is 4. The van der Waals surface area contributed by atoms with E-state index in [1.807, 2.05) is 30.3 Å². The van der Waals surface area contributed by atoms with Gasteiger partial charge in [0.25, 0.3) is 10.0 Å². The van der Waals surface area contributed by atoms with Crippen molar-refractivity contribution < 1.29 is 18.4 Å². The van der Waals surface area contributed by atoms with Gasteiger partial charge < -0.3 is 5.11 Å². The fourth-order valence-electron chi connectivity index (χ4n) is 2.84. The molecule has 0 spiro atoms. The molecule has 0 atom stereocenters. The molecule has 6 heteroatoms. The Kier molecular flexibility index (Phi) is 4.94. The minimum absolute atomic E-state index is 0.213. The van der Waals surface area contributed by atoms with Gasteiger partial charge in [-0.2, -0.15) is 0 Å². The Labute approximate surface area is 148 Å². The van der Waals surface area contributed by atoms with Crippen LogP contribution in [-0.4, -0.2) is 24.5 Å². The lowest BCUT2D eigenvalue weighted by atomic mass is 10.1. The van der Waals surface area contributed by atoms with Crippen LogP contribution in [0.4, 0.5) is 0 Å². The number of sulfonamides is 1. The highest BCUT2D eigenvalue weighted by Crippen LogP contribution is 2.30. The summed E-state index contributed by atoms with van der Waals surface area (Å²) in [6.07, 6.45) is 2.05. The molecule has 0 aliphatic carbocycles. The van der Waals surface area contributed by atoms with Crippen molar-refractivity contribution in [2.24, 2.45) is 0 Å². The predicted octanol–water partition coefficient (Wildman–Crippen LogP) is 3.52. The smallest absolute Gasteiger partial charge is 0.261 e. The highest BCUT2D eigenvalue weighted by Gasteiger charge is 2.34. The van der Waals surface area contributed by atoms with Crippen LogP contribution in [0.2, 0.25) is 0 Å². The summed E-state index contributed by atoms with van der Waals surface area (Å²) in [5.41, 5.74) is 3.12. The Bertz CT molecular complexity index is 881. The molecule has 1 aliphatic rings. The molecule has 0 radical (unpaired) electrons. The molecule has 1 saturated heterocycles. The van der Waals surface area contributed by atoms with Crippen LogP contribution < -0.4 is 0 Å². The number of rotatable bonds is 4. The first-order chi connectivity index (χ1) is 11.9. The third-order valence-corrected chi connectivity index (χ3v) is 6.01. The molecular formula is C19H21NO4S. The fourth-order valence-corrected chi connectivity index (χ4v) is 4.26. The van der Waals surface area contributed by atoms with E-state index in [1.165, 1.54) is 0 Å². The molecular weight excluding hydrogens is 338 g/mol. The third kappa shape index (κ3) is 3.76. The van der Waals surface area contributed by atoms with Crippen molar-refractivity contribution in [1.82, 2.24) is 4.47 Å². The average Bonchev–Trinajstić information content (AvgIpc) is 2.86. The van der Waals surface area contributed by atoms with Gasteiger partial charge in [0.05, 0.1) is 11.5 Å². The quantitative estimate of drug-likeness (QED) is 0.907. The van der Waals surface area contributed by atoms with Gasteiger partial charge in [0.2, 0.25) is 0 Å². The molecule has 1 aliphatic heterocycles. The Morgan fingerprint density at radius 1 is 1.16 bits per heavy atom. The summed E-state index contributed by atoms with van der Waals surface area (Å²) in [4.78, 5) is 5.83. The zero-order valence-electron chi connectivity index (χ0n) is 14.3. The Balaban J connectivity index is 1.78. The van der Waals surface area contributed by atoms with E-state index in [0.717, 1.165) is 26.7 Å². The van der Waals surface area contributed by atoms with E-state index >= 15 is 0 Å². The summed E-state index contributed by atoms with van der Waals surface area (Å²) in [5.74, 6) is 0.240. The van der Waals surface area contributed by atoms with Crippen molar-refractivity contribution in [2.75, 3.05) is 6.54 Å². The van der Waals surface area contributed by atoms with Crippen LogP contribution in [0.5, 0.6) is 5.75 Å². The van der Waals surface area contributed by atoms with Gasteiger partial charge in [-0.15, -0.1) is 0 Å². The highest BCUT2D eigenvalue weighted by molar-refractivity contribution is 7.93. The molecule has 0 aromatic heterocycles. The lowest BCUT2D eigenvalue weighted by Crippen LogP contribution is -2.25. The van der Waals surface area contributed by atoms with E-state index in [1.54, 1.807) is 32.1 Å². The molecule has 0 amide bonds. The van der Waals surface area contributed by atoms with Gasteiger partial charge in [-0.05, 0) is 54.3 Å². The van der Waals surface area contributed by atoms with Crippen LogP contribution in [0, 0.1) is 13.8 Å². The normalized spacial score (nSPS) is 18.7. The second-order valence-corrected chi connectivity index (χ2v) is 8.04. The second kappa shape index (κ2) is 7.00. The van der Waals surface area contributed by atoms with Crippen molar-refractivity contribution in [1.29, 1.82) is 0 Å². The topological polar surface area (TPSA) is 66.8 Å². The lowest BCUT2D eigenvalue weighted by molar-refractivity contribution is -0.0894. The van der Waals surface area contributed by atoms with Gasteiger partial charge in [-0.25, -0.2) is 8.42 Å². The van der Waals surface area contributed by atoms with Crippen molar-refractivity contribution in [3.8, 4) is 5.75 Å². The molecule has 1 N–H and O–H groups in total. The van der Waals surface area contributed by atoms with Gasteiger partial charge in [-0.1, -0.05) is 34.8 Å². The zero-order valence-corrected chi connectivity index (χ0v) is 15.1. The van der Waals surface area contributed by atoms with E-state index < -0.39 is 10.0 Å². The van der Waals surface area contributed by atoms with Crippen LogP contribution in [0.15, 0.2) is 47.4 Å². The van der Waals surface area contributed by atoms with Crippen LogP contribution >= 0.6 is 0 Å². The van der Waals surface area contributed by atoms with E-state index in [4.69, 9.17) is 4.84 Å². The number of hydrogen-bond donors (Lipinski definition) is 1. The van der Waals surface area contributed by atoms with Crippen molar-refractivity contribution in [3.63, 3.8) is 0 Å². The summed E-state index contributed by atoms with van der Waals surface area (Å²) in [5, 5.41) is 9.85. The number of nitrogens with zero attached hydrogens (tertiary/aromatic N) is 1. The molecule has 0 unspecified atom stereocenters. The first-order valence-electron chi connectivity index (χ1n) is 8.08.